The van der Waals surface area contributed by atoms with E-state index in [2.05, 4.69) is 15.6 Å². The fourth-order valence-corrected chi connectivity index (χ4v) is 2.92. The zero-order valence-electron chi connectivity index (χ0n) is 16.7. The van der Waals surface area contributed by atoms with Crippen molar-refractivity contribution in [3.8, 4) is 5.75 Å². The van der Waals surface area contributed by atoms with Crippen LogP contribution in [0.3, 0.4) is 0 Å². The predicted octanol–water partition coefficient (Wildman–Crippen LogP) is 2.31. The molecule has 1 aliphatic heterocycles. The molecule has 0 aromatic heterocycles. The molecule has 7 nitrogen and oxygen atoms in total. The number of nitrogens with zero attached hydrogens (tertiary/aromatic N) is 2. The predicted molar refractivity (Wildman–Crippen MR) is 123 cm³/mol. The zero-order chi connectivity index (χ0) is 19.6. The molecular weight excluding hydrogens is 495 g/mol. The highest BCUT2D eigenvalue weighted by Crippen LogP contribution is 2.22. The maximum Gasteiger partial charge on any atom is 0.243 e. The largest absolute Gasteiger partial charge is 0.497 e. The molecule has 0 spiro atoms. The summed E-state index contributed by atoms with van der Waals surface area (Å²) >= 11 is 6.29. The SMILES string of the molecule is COc1ccc(CCNC(=NCC(=O)N(C)C)NCC2CCCO2)c(Cl)c1.I. The Hall–Kier alpha value is -1.26. The molecule has 1 amide bonds. The van der Waals surface area contributed by atoms with Gasteiger partial charge in [-0.2, -0.15) is 0 Å². The lowest BCUT2D eigenvalue weighted by molar-refractivity contribution is -0.127. The van der Waals surface area contributed by atoms with E-state index >= 15 is 0 Å². The molecule has 9 heteroatoms. The highest BCUT2D eigenvalue weighted by molar-refractivity contribution is 14.0. The van der Waals surface area contributed by atoms with E-state index in [0.29, 0.717) is 24.1 Å². The number of hydrogen-bond acceptors (Lipinski definition) is 4. The van der Waals surface area contributed by atoms with Crippen molar-refractivity contribution in [3.05, 3.63) is 28.8 Å². The highest BCUT2D eigenvalue weighted by atomic mass is 127. The first-order valence-corrected chi connectivity index (χ1v) is 9.53. The fraction of sp³-hybridized carbons (Fsp3) is 0.579. The molecule has 1 heterocycles. The molecular formula is C19H30ClIN4O3. The molecule has 1 aliphatic rings. The molecule has 1 aromatic carbocycles. The van der Waals surface area contributed by atoms with E-state index in [1.54, 1.807) is 27.3 Å². The molecule has 1 aromatic rings. The average Bonchev–Trinajstić information content (AvgIpc) is 3.17. The van der Waals surface area contributed by atoms with Crippen molar-refractivity contribution in [2.75, 3.05) is 47.4 Å². The summed E-state index contributed by atoms with van der Waals surface area (Å²) in [5.41, 5.74) is 1.02. The van der Waals surface area contributed by atoms with Crippen molar-refractivity contribution in [2.45, 2.75) is 25.4 Å². The van der Waals surface area contributed by atoms with Crippen molar-refractivity contribution in [1.29, 1.82) is 0 Å². The normalized spacial score (nSPS) is 16.3. The Labute approximate surface area is 189 Å². The molecule has 158 valence electrons. The quantitative estimate of drug-likeness (QED) is 0.310. The van der Waals surface area contributed by atoms with Crippen molar-refractivity contribution in [2.24, 2.45) is 4.99 Å². The van der Waals surface area contributed by atoms with Crippen molar-refractivity contribution in [3.63, 3.8) is 0 Å². The minimum absolute atomic E-state index is 0. The van der Waals surface area contributed by atoms with Crippen LogP contribution in [0.4, 0.5) is 0 Å². The second-order valence-corrected chi connectivity index (χ2v) is 7.01. The lowest BCUT2D eigenvalue weighted by atomic mass is 10.1. The Morgan fingerprint density at radius 3 is 2.79 bits per heavy atom. The number of rotatable bonds is 8. The number of carbonyl (C=O) groups is 1. The van der Waals surface area contributed by atoms with E-state index in [-0.39, 0.29) is 42.5 Å². The van der Waals surface area contributed by atoms with Gasteiger partial charge in [-0.1, -0.05) is 17.7 Å². The molecule has 2 rings (SSSR count). The van der Waals surface area contributed by atoms with Crippen LogP contribution in [0, 0.1) is 0 Å². The van der Waals surface area contributed by atoms with Crippen LogP contribution < -0.4 is 15.4 Å². The first kappa shape index (κ1) is 24.8. The van der Waals surface area contributed by atoms with E-state index in [4.69, 9.17) is 21.1 Å². The number of methoxy groups -OCH3 is 1. The molecule has 28 heavy (non-hydrogen) atoms. The maximum absolute atomic E-state index is 11.8. The van der Waals surface area contributed by atoms with Gasteiger partial charge in [-0.3, -0.25) is 4.79 Å². The van der Waals surface area contributed by atoms with Gasteiger partial charge >= 0.3 is 0 Å². The number of likely N-dealkylation sites (N-methyl/N-ethyl adjacent to an activating group) is 1. The first-order valence-electron chi connectivity index (χ1n) is 9.16. The van der Waals surface area contributed by atoms with Crippen LogP contribution in [0.2, 0.25) is 5.02 Å². The summed E-state index contributed by atoms with van der Waals surface area (Å²) in [6.07, 6.45) is 3.04. The number of halogens is 2. The summed E-state index contributed by atoms with van der Waals surface area (Å²) in [4.78, 5) is 17.7. The number of benzene rings is 1. The Bertz CT molecular complexity index is 652. The van der Waals surface area contributed by atoms with Gasteiger partial charge in [0.25, 0.3) is 0 Å². The van der Waals surface area contributed by atoms with Gasteiger partial charge in [-0.25, -0.2) is 4.99 Å². The topological polar surface area (TPSA) is 75.2 Å². The van der Waals surface area contributed by atoms with Gasteiger partial charge in [0, 0.05) is 38.8 Å². The van der Waals surface area contributed by atoms with Crippen LogP contribution >= 0.6 is 35.6 Å². The minimum Gasteiger partial charge on any atom is -0.497 e. The third-order valence-corrected chi connectivity index (χ3v) is 4.69. The van der Waals surface area contributed by atoms with Crippen molar-refractivity contribution < 1.29 is 14.3 Å². The zero-order valence-corrected chi connectivity index (χ0v) is 19.8. The summed E-state index contributed by atoms with van der Waals surface area (Å²) in [5, 5.41) is 7.20. The lowest BCUT2D eigenvalue weighted by Gasteiger charge is -2.16. The van der Waals surface area contributed by atoms with E-state index < -0.39 is 0 Å². The third kappa shape index (κ3) is 8.40. The van der Waals surface area contributed by atoms with Crippen molar-refractivity contribution in [1.82, 2.24) is 15.5 Å². The molecule has 0 bridgehead atoms. The van der Waals surface area contributed by atoms with Crippen molar-refractivity contribution >= 4 is 47.4 Å². The molecule has 0 aliphatic carbocycles. The van der Waals surface area contributed by atoms with Gasteiger partial charge in [0.15, 0.2) is 5.96 Å². The molecule has 0 radical (unpaired) electrons. The van der Waals surface area contributed by atoms with Crippen LogP contribution in [-0.2, 0) is 16.0 Å². The first-order chi connectivity index (χ1) is 13.0. The van der Waals surface area contributed by atoms with Gasteiger partial charge in [0.1, 0.15) is 12.3 Å². The van der Waals surface area contributed by atoms with E-state index in [0.717, 1.165) is 37.2 Å². The number of guanidine groups is 1. The Morgan fingerprint density at radius 1 is 1.39 bits per heavy atom. The van der Waals surface area contributed by atoms with Gasteiger partial charge in [0.05, 0.1) is 13.2 Å². The molecule has 1 saturated heterocycles. The number of aliphatic imine (C=N–C) groups is 1. The minimum atomic E-state index is -0.0496. The van der Waals surface area contributed by atoms with Crippen LogP contribution in [0.15, 0.2) is 23.2 Å². The van der Waals surface area contributed by atoms with Crippen LogP contribution in [0.5, 0.6) is 5.75 Å². The molecule has 1 unspecified atom stereocenters. The number of ether oxygens (including phenoxy) is 2. The van der Waals surface area contributed by atoms with Crippen LogP contribution in [0.1, 0.15) is 18.4 Å². The van der Waals surface area contributed by atoms with E-state index in [1.807, 2.05) is 12.1 Å². The summed E-state index contributed by atoms with van der Waals surface area (Å²) in [6, 6.07) is 5.65. The molecule has 1 fully saturated rings. The molecule has 2 N–H and O–H groups in total. The summed E-state index contributed by atoms with van der Waals surface area (Å²) in [5.74, 6) is 1.29. The smallest absolute Gasteiger partial charge is 0.243 e. The summed E-state index contributed by atoms with van der Waals surface area (Å²) in [6.45, 7) is 2.21. The molecule has 1 atom stereocenters. The Kier molecular flexibility index (Phi) is 11.6. The Morgan fingerprint density at radius 2 is 2.18 bits per heavy atom. The highest BCUT2D eigenvalue weighted by Gasteiger charge is 2.16. The average molecular weight is 525 g/mol. The third-order valence-electron chi connectivity index (χ3n) is 4.34. The van der Waals surface area contributed by atoms with Gasteiger partial charge in [-0.15, -0.1) is 24.0 Å². The number of amides is 1. The van der Waals surface area contributed by atoms with Crippen LogP contribution in [-0.4, -0.2) is 70.3 Å². The maximum atomic E-state index is 11.8. The van der Waals surface area contributed by atoms with E-state index in [1.165, 1.54) is 4.90 Å². The summed E-state index contributed by atoms with van der Waals surface area (Å²) < 4.78 is 10.8. The Balaban J connectivity index is 0.00000392. The van der Waals surface area contributed by atoms with Gasteiger partial charge < -0.3 is 25.0 Å². The second kappa shape index (κ2) is 13.1. The fourth-order valence-electron chi connectivity index (χ4n) is 2.65. The monoisotopic (exact) mass is 524 g/mol. The number of nitrogens with one attached hydrogen (secondary N) is 2. The number of carbonyl (C=O) groups excluding carboxylic acids is 1. The second-order valence-electron chi connectivity index (χ2n) is 6.60. The van der Waals surface area contributed by atoms with Crippen LogP contribution in [0.25, 0.3) is 0 Å². The molecule has 0 saturated carbocycles. The number of hydrogen-bond donors (Lipinski definition) is 2. The summed E-state index contributed by atoms with van der Waals surface area (Å²) in [7, 11) is 5.05. The van der Waals surface area contributed by atoms with E-state index in [9.17, 15) is 4.79 Å². The van der Waals surface area contributed by atoms with Gasteiger partial charge in [-0.05, 0) is 37.0 Å². The standard InChI is InChI=1S/C19H29ClN4O3.HI/c1-24(2)18(25)13-23-19(22-12-16-5-4-10-27-16)21-9-8-14-6-7-15(26-3)11-17(14)20;/h6-7,11,16H,4-5,8-10,12-13H2,1-3H3,(H2,21,22,23);1H. The van der Waals surface area contributed by atoms with Gasteiger partial charge in [0.2, 0.25) is 5.91 Å². The lowest BCUT2D eigenvalue weighted by Crippen LogP contribution is -2.42.